The maximum absolute atomic E-state index is 12.7. The minimum Gasteiger partial charge on any atom is -0.490 e. The Kier molecular flexibility index (Phi) is 6.21. The second-order valence-electron chi connectivity index (χ2n) is 6.03. The summed E-state index contributed by atoms with van der Waals surface area (Å²) in [6, 6.07) is 11.1. The summed E-state index contributed by atoms with van der Waals surface area (Å²) in [5.74, 6) is 0.512. The summed E-state index contributed by atoms with van der Waals surface area (Å²) in [5, 5.41) is 3.82. The van der Waals surface area contributed by atoms with Crippen LogP contribution in [0.2, 0.25) is 5.02 Å². The highest BCUT2D eigenvalue weighted by atomic mass is 35.5. The molecule has 0 fully saturated rings. The molecule has 0 unspecified atom stereocenters. The third-order valence-corrected chi connectivity index (χ3v) is 4.18. The number of fused-ring (bicyclic) bond motifs is 1. The van der Waals surface area contributed by atoms with Crippen LogP contribution in [0.15, 0.2) is 51.7 Å². The van der Waals surface area contributed by atoms with Crippen LogP contribution in [0.25, 0.3) is 11.0 Å². The molecule has 0 saturated carbocycles. The average molecular weight is 402 g/mol. The lowest BCUT2D eigenvalue weighted by atomic mass is 10.1. The summed E-state index contributed by atoms with van der Waals surface area (Å²) in [7, 11) is 0. The van der Waals surface area contributed by atoms with Crippen LogP contribution in [0.1, 0.15) is 30.6 Å². The first-order chi connectivity index (χ1) is 13.5. The highest BCUT2D eigenvalue weighted by Crippen LogP contribution is 2.37. The molecule has 28 heavy (non-hydrogen) atoms. The van der Waals surface area contributed by atoms with E-state index in [0.717, 1.165) is 6.42 Å². The number of nitrogens with one attached hydrogen (secondary N) is 1. The molecule has 7 heteroatoms. The monoisotopic (exact) mass is 401 g/mol. The molecule has 1 amide bonds. The number of carbonyl (C=O) groups is 1. The Labute approximate surface area is 167 Å². The van der Waals surface area contributed by atoms with E-state index in [1.54, 1.807) is 36.4 Å². The third kappa shape index (κ3) is 4.46. The fourth-order valence-electron chi connectivity index (χ4n) is 2.66. The Bertz CT molecular complexity index is 1060. The van der Waals surface area contributed by atoms with Crippen molar-refractivity contribution in [3.8, 4) is 11.5 Å². The standard InChI is InChI=1S/C21H20ClNO5/c1-3-9-27-20-16(22)11-14(12-18(20)26-4-2)21(25)23-15-6-7-17-13(10-15)5-8-19(24)28-17/h5-8,10-12H,3-4,9H2,1-2H3,(H,23,25). The molecule has 0 aliphatic carbocycles. The van der Waals surface area contributed by atoms with Crippen molar-refractivity contribution >= 4 is 34.2 Å². The van der Waals surface area contributed by atoms with Gasteiger partial charge in [-0.05, 0) is 49.7 Å². The van der Waals surface area contributed by atoms with Gasteiger partial charge in [0, 0.05) is 22.7 Å². The zero-order valence-corrected chi connectivity index (χ0v) is 16.3. The topological polar surface area (TPSA) is 77.8 Å². The number of hydrogen-bond acceptors (Lipinski definition) is 5. The number of ether oxygens (including phenoxy) is 2. The largest absolute Gasteiger partial charge is 0.490 e. The lowest BCUT2D eigenvalue weighted by Crippen LogP contribution is -2.13. The van der Waals surface area contributed by atoms with Gasteiger partial charge in [-0.2, -0.15) is 0 Å². The highest BCUT2D eigenvalue weighted by molar-refractivity contribution is 6.32. The normalized spacial score (nSPS) is 10.7. The van der Waals surface area contributed by atoms with E-state index in [9.17, 15) is 9.59 Å². The minimum atomic E-state index is -0.423. The number of hydrogen-bond donors (Lipinski definition) is 1. The van der Waals surface area contributed by atoms with Gasteiger partial charge < -0.3 is 19.2 Å². The summed E-state index contributed by atoms with van der Waals surface area (Å²) in [6.07, 6.45) is 0.826. The van der Waals surface area contributed by atoms with E-state index in [1.807, 2.05) is 13.8 Å². The molecule has 0 bridgehead atoms. The molecule has 1 aromatic heterocycles. The molecular formula is C21H20ClNO5. The Morgan fingerprint density at radius 1 is 1.11 bits per heavy atom. The van der Waals surface area contributed by atoms with E-state index < -0.39 is 5.63 Å². The van der Waals surface area contributed by atoms with Gasteiger partial charge in [-0.25, -0.2) is 4.79 Å². The molecule has 1 heterocycles. The van der Waals surface area contributed by atoms with Crippen molar-refractivity contribution in [1.29, 1.82) is 0 Å². The summed E-state index contributed by atoms with van der Waals surface area (Å²) in [4.78, 5) is 24.0. The summed E-state index contributed by atoms with van der Waals surface area (Å²) < 4.78 is 16.3. The van der Waals surface area contributed by atoms with Crippen molar-refractivity contribution in [2.24, 2.45) is 0 Å². The number of benzene rings is 2. The second-order valence-corrected chi connectivity index (χ2v) is 6.44. The first-order valence-electron chi connectivity index (χ1n) is 8.96. The highest BCUT2D eigenvalue weighted by Gasteiger charge is 2.16. The summed E-state index contributed by atoms with van der Waals surface area (Å²) in [5.41, 5.74) is 0.932. The fourth-order valence-corrected chi connectivity index (χ4v) is 2.92. The van der Waals surface area contributed by atoms with Gasteiger partial charge in [-0.1, -0.05) is 18.5 Å². The molecule has 0 radical (unpaired) electrons. The third-order valence-electron chi connectivity index (χ3n) is 3.90. The molecule has 3 aromatic rings. The maximum atomic E-state index is 12.7. The van der Waals surface area contributed by atoms with Crippen molar-refractivity contribution in [3.05, 3.63) is 63.5 Å². The Morgan fingerprint density at radius 3 is 2.68 bits per heavy atom. The van der Waals surface area contributed by atoms with Gasteiger partial charge in [0.15, 0.2) is 11.5 Å². The van der Waals surface area contributed by atoms with Gasteiger partial charge >= 0.3 is 5.63 Å². The molecule has 0 aliphatic heterocycles. The fraction of sp³-hybridized carbons (Fsp3) is 0.238. The number of carbonyl (C=O) groups excluding carboxylic acids is 1. The van der Waals surface area contributed by atoms with E-state index in [0.29, 0.717) is 52.0 Å². The van der Waals surface area contributed by atoms with Gasteiger partial charge in [0.1, 0.15) is 5.58 Å². The number of halogens is 1. The van der Waals surface area contributed by atoms with Crippen LogP contribution in [-0.4, -0.2) is 19.1 Å². The molecular weight excluding hydrogens is 382 g/mol. The molecule has 1 N–H and O–H groups in total. The van der Waals surface area contributed by atoms with E-state index in [-0.39, 0.29) is 5.91 Å². The first-order valence-corrected chi connectivity index (χ1v) is 9.34. The van der Waals surface area contributed by atoms with Crippen molar-refractivity contribution < 1.29 is 18.7 Å². The lowest BCUT2D eigenvalue weighted by Gasteiger charge is -2.15. The molecule has 2 aromatic carbocycles. The lowest BCUT2D eigenvalue weighted by molar-refractivity contribution is 0.102. The van der Waals surface area contributed by atoms with Crippen LogP contribution in [0, 0.1) is 0 Å². The quantitative estimate of drug-likeness (QED) is 0.570. The number of anilines is 1. The van der Waals surface area contributed by atoms with Crippen molar-refractivity contribution in [2.75, 3.05) is 18.5 Å². The van der Waals surface area contributed by atoms with Crippen LogP contribution < -0.4 is 20.4 Å². The number of amides is 1. The summed E-state index contributed by atoms with van der Waals surface area (Å²) in [6.45, 7) is 4.75. The number of rotatable bonds is 7. The van der Waals surface area contributed by atoms with Crippen molar-refractivity contribution in [1.82, 2.24) is 0 Å². The zero-order valence-electron chi connectivity index (χ0n) is 15.6. The molecule has 0 atom stereocenters. The van der Waals surface area contributed by atoms with Crippen LogP contribution in [-0.2, 0) is 0 Å². The van der Waals surface area contributed by atoms with Gasteiger partial charge in [-0.15, -0.1) is 0 Å². The van der Waals surface area contributed by atoms with E-state index in [4.69, 9.17) is 25.5 Å². The van der Waals surface area contributed by atoms with Gasteiger partial charge in [-0.3, -0.25) is 4.79 Å². The van der Waals surface area contributed by atoms with Crippen LogP contribution >= 0.6 is 11.6 Å². The van der Waals surface area contributed by atoms with E-state index >= 15 is 0 Å². The molecule has 3 rings (SSSR count). The van der Waals surface area contributed by atoms with Crippen LogP contribution in [0.5, 0.6) is 11.5 Å². The zero-order chi connectivity index (χ0) is 20.1. The molecule has 146 valence electrons. The minimum absolute atomic E-state index is 0.310. The smallest absolute Gasteiger partial charge is 0.336 e. The molecule has 6 nitrogen and oxygen atoms in total. The second kappa shape index (κ2) is 8.80. The SMILES string of the molecule is CCCOc1c(Cl)cc(C(=O)Nc2ccc3oc(=O)ccc3c2)cc1OCC. The Balaban J connectivity index is 1.87. The molecule has 0 spiro atoms. The Hall–Kier alpha value is -2.99. The Morgan fingerprint density at radius 2 is 1.93 bits per heavy atom. The van der Waals surface area contributed by atoms with Gasteiger partial charge in [0.05, 0.1) is 18.2 Å². The average Bonchev–Trinajstić information content (AvgIpc) is 2.67. The van der Waals surface area contributed by atoms with Gasteiger partial charge in [0.2, 0.25) is 0 Å². The predicted octanol–water partition coefficient (Wildman–Crippen LogP) is 4.89. The van der Waals surface area contributed by atoms with Crippen molar-refractivity contribution in [3.63, 3.8) is 0 Å². The first kappa shape index (κ1) is 19.8. The van der Waals surface area contributed by atoms with Crippen LogP contribution in [0.4, 0.5) is 5.69 Å². The molecule has 0 saturated heterocycles. The van der Waals surface area contributed by atoms with E-state index in [1.165, 1.54) is 6.07 Å². The summed E-state index contributed by atoms with van der Waals surface area (Å²) >= 11 is 6.32. The van der Waals surface area contributed by atoms with Crippen LogP contribution in [0.3, 0.4) is 0 Å². The van der Waals surface area contributed by atoms with Crippen molar-refractivity contribution in [2.45, 2.75) is 20.3 Å². The maximum Gasteiger partial charge on any atom is 0.336 e. The van der Waals surface area contributed by atoms with E-state index in [2.05, 4.69) is 5.32 Å². The predicted molar refractivity (Wildman–Crippen MR) is 109 cm³/mol. The van der Waals surface area contributed by atoms with Gasteiger partial charge in [0.25, 0.3) is 5.91 Å². The molecule has 0 aliphatic rings.